The molecule has 0 unspecified atom stereocenters. The average molecular weight is 825 g/mol. The number of fused-ring (bicyclic) bond motifs is 6. The largest absolute Gasteiger partial charge is 0.488 e. The van der Waals surface area contributed by atoms with Crippen molar-refractivity contribution in [1.29, 1.82) is 0 Å². The SMILES string of the molecule is COC(=O)N[C@@H](C(=O)N1CCC[C@H]1c1nc2c(ccc3cc4c(cc32)OCc2cc(-c3cnc([C@@H]5CC[C@H](C)N5C(=O)[C@@H](NC(=O)O)C(C)C)[nH]3)ccc2-4)[nH]1)c1ccccc1. The molecule has 3 aliphatic rings. The molecule has 6 aromatic rings. The molecular weight excluding hydrogens is 777 g/mol. The number of aromatic nitrogens is 4. The van der Waals surface area contributed by atoms with Gasteiger partial charge >= 0.3 is 12.2 Å². The lowest BCUT2D eigenvalue weighted by Crippen LogP contribution is -2.52. The first-order valence-corrected chi connectivity index (χ1v) is 20.8. The molecule has 0 aliphatic carbocycles. The summed E-state index contributed by atoms with van der Waals surface area (Å²) in [7, 11) is 1.28. The zero-order valence-corrected chi connectivity index (χ0v) is 34.4. The van der Waals surface area contributed by atoms with E-state index in [1.165, 1.54) is 7.11 Å². The Morgan fingerprint density at radius 2 is 1.72 bits per heavy atom. The Morgan fingerprint density at radius 3 is 2.49 bits per heavy atom. The maximum absolute atomic E-state index is 14.1. The molecule has 2 fully saturated rings. The van der Waals surface area contributed by atoms with Crippen LogP contribution >= 0.6 is 0 Å². The van der Waals surface area contributed by atoms with Crippen molar-refractivity contribution in [3.63, 3.8) is 0 Å². The Labute approximate surface area is 351 Å². The second-order valence-corrected chi connectivity index (χ2v) is 16.5. The number of benzene rings is 4. The second kappa shape index (κ2) is 15.9. The lowest BCUT2D eigenvalue weighted by Gasteiger charge is -2.32. The minimum Gasteiger partial charge on any atom is -0.488 e. The van der Waals surface area contributed by atoms with Crippen LogP contribution in [0.2, 0.25) is 0 Å². The lowest BCUT2D eigenvalue weighted by atomic mass is 9.92. The maximum atomic E-state index is 14.1. The number of nitrogens with one attached hydrogen (secondary N) is 4. The van der Waals surface area contributed by atoms with Crippen LogP contribution in [0.3, 0.4) is 0 Å². The molecule has 2 saturated heterocycles. The monoisotopic (exact) mass is 824 g/mol. The van der Waals surface area contributed by atoms with Gasteiger partial charge in [0.2, 0.25) is 5.91 Å². The molecule has 4 amide bonds. The van der Waals surface area contributed by atoms with E-state index in [9.17, 15) is 24.3 Å². The van der Waals surface area contributed by atoms with Crippen molar-refractivity contribution in [3.8, 4) is 28.1 Å². The number of likely N-dealkylation sites (tertiary alicyclic amines) is 2. The van der Waals surface area contributed by atoms with Gasteiger partial charge in [0.1, 0.15) is 36.1 Å². The Morgan fingerprint density at radius 1 is 0.902 bits per heavy atom. The number of amides is 4. The molecule has 61 heavy (non-hydrogen) atoms. The summed E-state index contributed by atoms with van der Waals surface area (Å²) in [6.45, 7) is 6.55. The summed E-state index contributed by atoms with van der Waals surface area (Å²) in [6, 6.07) is 21.3. The van der Waals surface area contributed by atoms with Gasteiger partial charge in [-0.3, -0.25) is 9.59 Å². The summed E-state index contributed by atoms with van der Waals surface area (Å²) in [5.74, 6) is 1.43. The topological polar surface area (TPSA) is 195 Å². The molecule has 2 aromatic heterocycles. The average Bonchev–Trinajstić information content (AvgIpc) is 4.10. The van der Waals surface area contributed by atoms with Gasteiger partial charge in [0, 0.05) is 23.5 Å². The molecule has 0 radical (unpaired) electrons. The van der Waals surface area contributed by atoms with Crippen molar-refractivity contribution in [2.75, 3.05) is 13.7 Å². The molecule has 314 valence electrons. The van der Waals surface area contributed by atoms with E-state index in [2.05, 4.69) is 50.9 Å². The quantitative estimate of drug-likeness (QED) is 0.0968. The molecule has 9 rings (SSSR count). The van der Waals surface area contributed by atoms with Gasteiger partial charge in [-0.25, -0.2) is 19.6 Å². The summed E-state index contributed by atoms with van der Waals surface area (Å²) in [5.41, 5.74) is 7.12. The number of carboxylic acid groups (broad SMARTS) is 1. The number of carbonyl (C=O) groups excluding carboxylic acids is 3. The Balaban J connectivity index is 0.969. The zero-order valence-electron chi connectivity index (χ0n) is 34.4. The molecule has 3 aliphatic heterocycles. The number of H-pyrrole nitrogens is 2. The van der Waals surface area contributed by atoms with E-state index in [1.807, 2.05) is 63.2 Å². The van der Waals surface area contributed by atoms with Crippen LogP contribution in [0.25, 0.3) is 44.2 Å². The molecule has 15 heteroatoms. The fraction of sp³-hybridized carbons (Fsp3) is 0.348. The number of carbonyl (C=O) groups is 4. The standard InChI is InChI=1S/C46H48N8O7/c1-24(2)38(51-45(57)58)44(56)54-25(3)12-17-36(54)41-47-22-34(49-41)28-13-15-30-29(19-28)23-61-37-21-31-27(20-32(30)37)14-16-33-40(31)50-42(48-33)35-11-8-18-53(35)43(55)39(52-46(59)60-4)26-9-6-5-7-10-26/h5-7,9-10,13-16,19-22,24-25,35-36,38-39,51H,8,11-12,17-18,23H2,1-4H3,(H,47,49)(H,48,50)(H,52,59)(H,57,58)/t25-,35-,36-,38-,39+/m0/s1. The molecule has 15 nitrogen and oxygen atoms in total. The predicted octanol–water partition coefficient (Wildman–Crippen LogP) is 7.77. The first-order valence-electron chi connectivity index (χ1n) is 20.8. The molecule has 5 atom stereocenters. The summed E-state index contributed by atoms with van der Waals surface area (Å²) < 4.78 is 11.3. The van der Waals surface area contributed by atoms with E-state index in [0.717, 1.165) is 81.2 Å². The predicted molar refractivity (Wildman–Crippen MR) is 227 cm³/mol. The molecule has 4 aromatic carbocycles. The normalized spacial score (nSPS) is 19.3. The van der Waals surface area contributed by atoms with Crippen molar-refractivity contribution in [2.45, 2.75) is 83.3 Å². The number of methoxy groups -OCH3 is 1. The van der Waals surface area contributed by atoms with Crippen molar-refractivity contribution < 1.29 is 33.8 Å². The number of alkyl carbamates (subject to hydrolysis) is 1. The summed E-state index contributed by atoms with van der Waals surface area (Å²) in [6.07, 6.45) is 2.91. The molecule has 5 N–H and O–H groups in total. The van der Waals surface area contributed by atoms with Crippen LogP contribution in [0.1, 0.15) is 87.4 Å². The first-order chi connectivity index (χ1) is 29.5. The summed E-state index contributed by atoms with van der Waals surface area (Å²) in [5, 5.41) is 16.5. The van der Waals surface area contributed by atoms with E-state index in [0.29, 0.717) is 30.4 Å². The number of imidazole rings is 2. The molecule has 0 bridgehead atoms. The van der Waals surface area contributed by atoms with E-state index >= 15 is 0 Å². The Bertz CT molecular complexity index is 2670. The maximum Gasteiger partial charge on any atom is 0.407 e. The molecular formula is C46H48N8O7. The second-order valence-electron chi connectivity index (χ2n) is 16.5. The highest BCUT2D eigenvalue weighted by atomic mass is 16.5. The highest BCUT2D eigenvalue weighted by Gasteiger charge is 2.41. The first kappa shape index (κ1) is 39.6. The van der Waals surface area contributed by atoms with E-state index in [4.69, 9.17) is 19.4 Å². The van der Waals surface area contributed by atoms with Crippen LogP contribution in [0.4, 0.5) is 9.59 Å². The number of hydrogen-bond donors (Lipinski definition) is 5. The fourth-order valence-corrected chi connectivity index (χ4v) is 9.31. The van der Waals surface area contributed by atoms with Gasteiger partial charge in [-0.05, 0) is 90.4 Å². The minimum atomic E-state index is -1.22. The van der Waals surface area contributed by atoms with Crippen molar-refractivity contribution in [1.82, 2.24) is 40.4 Å². The third-order valence-electron chi connectivity index (χ3n) is 12.4. The van der Waals surface area contributed by atoms with E-state index in [-0.39, 0.29) is 35.9 Å². The van der Waals surface area contributed by atoms with Gasteiger partial charge in [-0.2, -0.15) is 0 Å². The summed E-state index contributed by atoms with van der Waals surface area (Å²) >= 11 is 0. The third kappa shape index (κ3) is 7.27. The molecule has 0 saturated carbocycles. The molecule has 0 spiro atoms. The van der Waals surface area contributed by atoms with Crippen molar-refractivity contribution in [3.05, 3.63) is 102 Å². The highest BCUT2D eigenvalue weighted by Crippen LogP contribution is 2.44. The van der Waals surface area contributed by atoms with E-state index in [1.54, 1.807) is 16.0 Å². The number of hydrogen-bond acceptors (Lipinski definition) is 8. The zero-order chi connectivity index (χ0) is 42.5. The Kier molecular flexibility index (Phi) is 10.3. The summed E-state index contributed by atoms with van der Waals surface area (Å²) in [4.78, 5) is 72.0. The number of nitrogens with zero attached hydrogens (tertiary/aromatic N) is 4. The van der Waals surface area contributed by atoms with Gasteiger partial charge in [-0.15, -0.1) is 0 Å². The minimum absolute atomic E-state index is 0.0594. The smallest absolute Gasteiger partial charge is 0.407 e. The lowest BCUT2D eigenvalue weighted by molar-refractivity contribution is -0.137. The van der Waals surface area contributed by atoms with Crippen LogP contribution in [-0.2, 0) is 20.9 Å². The highest BCUT2D eigenvalue weighted by molar-refractivity contribution is 6.07. The fourth-order valence-electron chi connectivity index (χ4n) is 9.31. The van der Waals surface area contributed by atoms with Gasteiger partial charge in [-0.1, -0.05) is 62.4 Å². The van der Waals surface area contributed by atoms with Gasteiger partial charge in [0.15, 0.2) is 0 Å². The van der Waals surface area contributed by atoms with Crippen LogP contribution in [-0.4, -0.2) is 84.6 Å². The van der Waals surface area contributed by atoms with E-state index < -0.39 is 24.3 Å². The number of rotatable bonds is 9. The Hall–Kier alpha value is -6.90. The van der Waals surface area contributed by atoms with Crippen LogP contribution < -0.4 is 15.4 Å². The third-order valence-corrected chi connectivity index (χ3v) is 12.4. The number of ether oxygens (including phenoxy) is 2. The van der Waals surface area contributed by atoms with Crippen LogP contribution in [0.5, 0.6) is 5.75 Å². The number of aromatic amines is 2. The van der Waals surface area contributed by atoms with Crippen LogP contribution in [0, 0.1) is 5.92 Å². The molecule has 5 heterocycles. The van der Waals surface area contributed by atoms with Crippen molar-refractivity contribution >= 4 is 45.8 Å². The van der Waals surface area contributed by atoms with Gasteiger partial charge in [0.05, 0.1) is 42.1 Å². The van der Waals surface area contributed by atoms with Crippen LogP contribution in [0.15, 0.2) is 79.0 Å². The van der Waals surface area contributed by atoms with Crippen molar-refractivity contribution in [2.24, 2.45) is 5.92 Å². The van der Waals surface area contributed by atoms with Gasteiger partial charge < -0.3 is 45.0 Å². The van der Waals surface area contributed by atoms with Gasteiger partial charge in [0.25, 0.3) is 5.91 Å².